The van der Waals surface area contributed by atoms with E-state index in [1.54, 1.807) is 18.5 Å². The van der Waals surface area contributed by atoms with Crippen molar-refractivity contribution in [2.24, 2.45) is 0 Å². The molecule has 0 bridgehead atoms. The lowest BCUT2D eigenvalue weighted by molar-refractivity contribution is 0.0935. The zero-order valence-electron chi connectivity index (χ0n) is 9.42. The summed E-state index contributed by atoms with van der Waals surface area (Å²) in [5.74, 6) is 0.333. The number of amides is 1. The summed E-state index contributed by atoms with van der Waals surface area (Å²) < 4.78 is 0. The number of nitrogen functional groups attached to an aromatic ring is 1. The van der Waals surface area contributed by atoms with E-state index in [4.69, 9.17) is 5.73 Å². The molecule has 1 amide bonds. The number of fused-ring (bicyclic) bond motifs is 1. The summed E-state index contributed by atoms with van der Waals surface area (Å²) in [4.78, 5) is 20.1. The van der Waals surface area contributed by atoms with Crippen molar-refractivity contribution in [1.82, 2.24) is 15.3 Å². The van der Waals surface area contributed by atoms with Gasteiger partial charge in [-0.05, 0) is 12.1 Å². The molecule has 1 unspecified atom stereocenters. The van der Waals surface area contributed by atoms with Gasteiger partial charge in [-0.25, -0.2) is 4.98 Å². The fourth-order valence-corrected chi connectivity index (χ4v) is 1.86. The average molecular weight is 241 g/mol. The van der Waals surface area contributed by atoms with E-state index in [1.807, 2.05) is 12.1 Å². The van der Waals surface area contributed by atoms with Crippen molar-refractivity contribution >= 4 is 17.4 Å². The number of rotatable bonds is 1. The molecule has 2 aromatic heterocycles. The summed E-state index contributed by atoms with van der Waals surface area (Å²) in [5, 5.41) is 5.96. The van der Waals surface area contributed by atoms with Gasteiger partial charge in [0.2, 0.25) is 0 Å². The molecule has 3 heterocycles. The van der Waals surface area contributed by atoms with Crippen LogP contribution in [0.15, 0.2) is 36.8 Å². The summed E-state index contributed by atoms with van der Waals surface area (Å²) in [6.07, 6.45) is 4.57. The number of anilines is 2. The van der Waals surface area contributed by atoms with Gasteiger partial charge in [0.15, 0.2) is 0 Å². The third-order valence-corrected chi connectivity index (χ3v) is 2.73. The van der Waals surface area contributed by atoms with Crippen LogP contribution in [0.4, 0.5) is 11.5 Å². The number of hydrogen-bond donors (Lipinski definition) is 3. The molecule has 3 rings (SSSR count). The van der Waals surface area contributed by atoms with E-state index < -0.39 is 0 Å². The monoisotopic (exact) mass is 241 g/mol. The molecular formula is C12H11N5O. The predicted molar refractivity (Wildman–Crippen MR) is 66.7 cm³/mol. The van der Waals surface area contributed by atoms with Crippen LogP contribution in [0.3, 0.4) is 0 Å². The zero-order chi connectivity index (χ0) is 12.5. The van der Waals surface area contributed by atoms with Gasteiger partial charge in [0.1, 0.15) is 12.0 Å². The molecule has 0 radical (unpaired) electrons. The van der Waals surface area contributed by atoms with E-state index in [-0.39, 0.29) is 12.1 Å². The minimum Gasteiger partial charge on any atom is -0.397 e. The average Bonchev–Trinajstić information content (AvgIpc) is 2.40. The normalized spacial score (nSPS) is 17.6. The summed E-state index contributed by atoms with van der Waals surface area (Å²) in [6.45, 7) is 0. The fraction of sp³-hybridized carbons (Fsp3) is 0.0833. The second kappa shape index (κ2) is 3.99. The van der Waals surface area contributed by atoms with E-state index in [2.05, 4.69) is 20.6 Å². The molecule has 90 valence electrons. The first-order valence-electron chi connectivity index (χ1n) is 5.47. The third-order valence-electron chi connectivity index (χ3n) is 2.73. The smallest absolute Gasteiger partial charge is 0.256 e. The van der Waals surface area contributed by atoms with Crippen molar-refractivity contribution in [3.8, 4) is 0 Å². The number of nitrogens with one attached hydrogen (secondary N) is 2. The van der Waals surface area contributed by atoms with Crippen LogP contribution in [-0.2, 0) is 0 Å². The fourth-order valence-electron chi connectivity index (χ4n) is 1.86. The predicted octanol–water partition coefficient (Wildman–Crippen LogP) is 0.913. The first-order valence-corrected chi connectivity index (χ1v) is 5.47. The maximum absolute atomic E-state index is 12.0. The third kappa shape index (κ3) is 1.73. The van der Waals surface area contributed by atoms with Crippen molar-refractivity contribution < 1.29 is 4.79 Å². The number of pyridine rings is 2. The van der Waals surface area contributed by atoms with E-state index in [9.17, 15) is 4.79 Å². The topological polar surface area (TPSA) is 92.9 Å². The lowest BCUT2D eigenvalue weighted by Crippen LogP contribution is -2.39. The summed E-state index contributed by atoms with van der Waals surface area (Å²) >= 11 is 0. The van der Waals surface area contributed by atoms with Crippen molar-refractivity contribution in [2.75, 3.05) is 11.1 Å². The Morgan fingerprint density at radius 1 is 1.28 bits per heavy atom. The van der Waals surface area contributed by atoms with Gasteiger partial charge in [0.05, 0.1) is 17.4 Å². The van der Waals surface area contributed by atoms with Crippen LogP contribution < -0.4 is 16.4 Å². The summed E-state index contributed by atoms with van der Waals surface area (Å²) in [7, 11) is 0. The van der Waals surface area contributed by atoms with Gasteiger partial charge >= 0.3 is 0 Å². The van der Waals surface area contributed by atoms with Crippen molar-refractivity contribution in [3.63, 3.8) is 0 Å². The summed E-state index contributed by atoms with van der Waals surface area (Å²) in [6, 6.07) is 5.30. The van der Waals surface area contributed by atoms with Crippen molar-refractivity contribution in [2.45, 2.75) is 6.17 Å². The molecular weight excluding hydrogens is 230 g/mol. The first kappa shape index (κ1) is 10.5. The maximum atomic E-state index is 12.0. The highest BCUT2D eigenvalue weighted by atomic mass is 16.2. The van der Waals surface area contributed by atoms with Crippen LogP contribution >= 0.6 is 0 Å². The van der Waals surface area contributed by atoms with Crippen LogP contribution in [0.2, 0.25) is 0 Å². The van der Waals surface area contributed by atoms with Gasteiger partial charge < -0.3 is 16.4 Å². The molecule has 6 nitrogen and oxygen atoms in total. The number of nitrogens with two attached hydrogens (primary N) is 1. The highest BCUT2D eigenvalue weighted by Crippen LogP contribution is 2.25. The maximum Gasteiger partial charge on any atom is 0.256 e. The van der Waals surface area contributed by atoms with E-state index in [0.717, 1.165) is 5.56 Å². The van der Waals surface area contributed by atoms with E-state index in [0.29, 0.717) is 17.1 Å². The Morgan fingerprint density at radius 3 is 2.94 bits per heavy atom. The Labute approximate surface area is 103 Å². The van der Waals surface area contributed by atoms with Crippen molar-refractivity contribution in [3.05, 3.63) is 47.9 Å². The first-order chi connectivity index (χ1) is 8.74. The van der Waals surface area contributed by atoms with E-state index in [1.165, 1.54) is 6.20 Å². The number of carbonyl (C=O) groups excluding carboxylic acids is 1. The second-order valence-electron chi connectivity index (χ2n) is 4.00. The molecule has 1 aliphatic heterocycles. The molecule has 1 aliphatic rings. The largest absolute Gasteiger partial charge is 0.397 e. The van der Waals surface area contributed by atoms with Gasteiger partial charge in [-0.1, -0.05) is 6.07 Å². The quantitative estimate of drug-likeness (QED) is 0.690. The summed E-state index contributed by atoms with van der Waals surface area (Å²) in [5.41, 5.74) is 7.40. The Bertz CT molecular complexity index is 599. The van der Waals surface area contributed by atoms with Gasteiger partial charge in [-0.2, -0.15) is 0 Å². The highest BCUT2D eigenvalue weighted by molar-refractivity contribution is 6.01. The van der Waals surface area contributed by atoms with Crippen LogP contribution in [0.25, 0.3) is 0 Å². The molecule has 2 aromatic rings. The van der Waals surface area contributed by atoms with Crippen LogP contribution in [-0.4, -0.2) is 15.9 Å². The molecule has 6 heteroatoms. The molecule has 18 heavy (non-hydrogen) atoms. The van der Waals surface area contributed by atoms with Gasteiger partial charge in [0.25, 0.3) is 5.91 Å². The highest BCUT2D eigenvalue weighted by Gasteiger charge is 2.25. The number of aromatic nitrogens is 2. The van der Waals surface area contributed by atoms with E-state index >= 15 is 0 Å². The minimum atomic E-state index is -0.324. The standard InChI is InChI=1S/C12H11N5O/c13-8-4-9-11(15-6-8)16-10(17-12(9)18)7-2-1-3-14-5-7/h1-6,10H,13H2,(H,15,16)(H,17,18). The van der Waals surface area contributed by atoms with Crippen LogP contribution in [0.1, 0.15) is 22.1 Å². The Hall–Kier alpha value is -2.63. The van der Waals surface area contributed by atoms with Crippen LogP contribution in [0.5, 0.6) is 0 Å². The lowest BCUT2D eigenvalue weighted by atomic mass is 10.1. The molecule has 4 N–H and O–H groups in total. The van der Waals surface area contributed by atoms with Crippen LogP contribution in [0, 0.1) is 0 Å². The Balaban J connectivity index is 1.97. The molecule has 0 spiro atoms. The molecule has 0 saturated heterocycles. The molecule has 1 atom stereocenters. The van der Waals surface area contributed by atoms with Crippen molar-refractivity contribution in [1.29, 1.82) is 0 Å². The molecule has 0 aliphatic carbocycles. The molecule has 0 saturated carbocycles. The van der Waals surface area contributed by atoms with Gasteiger partial charge in [-0.15, -0.1) is 0 Å². The SMILES string of the molecule is Nc1cnc2c(c1)C(=O)NC(c1cccnc1)N2. The number of hydrogen-bond acceptors (Lipinski definition) is 5. The second-order valence-corrected chi connectivity index (χ2v) is 4.00. The lowest BCUT2D eigenvalue weighted by Gasteiger charge is -2.27. The minimum absolute atomic E-state index is 0.197. The van der Waals surface area contributed by atoms with Gasteiger partial charge in [-0.3, -0.25) is 9.78 Å². The Morgan fingerprint density at radius 2 is 2.17 bits per heavy atom. The number of carbonyl (C=O) groups is 1. The van der Waals surface area contributed by atoms with Gasteiger partial charge in [0, 0.05) is 18.0 Å². The Kier molecular flexibility index (Phi) is 2.33. The number of nitrogens with zero attached hydrogens (tertiary/aromatic N) is 2. The molecule has 0 aromatic carbocycles. The molecule has 0 fully saturated rings. The zero-order valence-corrected chi connectivity index (χ0v) is 9.42.